The van der Waals surface area contributed by atoms with E-state index in [2.05, 4.69) is 5.32 Å². The predicted octanol–water partition coefficient (Wildman–Crippen LogP) is -0.633. The van der Waals surface area contributed by atoms with Crippen molar-refractivity contribution >= 4 is 17.9 Å². The normalized spacial score (nSPS) is 14.2. The van der Waals surface area contributed by atoms with E-state index in [4.69, 9.17) is 15.3 Å². The quantitative estimate of drug-likeness (QED) is 0.449. The van der Waals surface area contributed by atoms with Crippen LogP contribution in [0.4, 0.5) is 0 Å². The van der Waals surface area contributed by atoms with Gasteiger partial charge in [0.2, 0.25) is 0 Å². The van der Waals surface area contributed by atoms with Gasteiger partial charge in [0.15, 0.2) is 0 Å². The Morgan fingerprint density at radius 2 is 1.53 bits per heavy atom. The zero-order valence-corrected chi connectivity index (χ0v) is 8.14. The van der Waals surface area contributed by atoms with Crippen molar-refractivity contribution in [2.75, 3.05) is 0 Å². The Morgan fingerprint density at radius 3 is 1.87 bits per heavy atom. The Bertz CT molecular complexity index is 264. The average molecular weight is 219 g/mol. The fourth-order valence-corrected chi connectivity index (χ4v) is 1.06. The molecule has 0 rings (SSSR count). The maximum atomic E-state index is 10.6. The van der Waals surface area contributed by atoms with Gasteiger partial charge in [-0.05, 0) is 6.92 Å². The van der Waals surface area contributed by atoms with E-state index in [1.54, 1.807) is 0 Å². The van der Waals surface area contributed by atoms with Crippen LogP contribution in [-0.4, -0.2) is 45.3 Å². The van der Waals surface area contributed by atoms with Crippen LogP contribution >= 0.6 is 0 Å². The standard InChI is InChI=1S/C8H13NO6/c1-4(2-6(10)11)9-5(8(14)15)3-7(12)13/h4-5,9H,2-3H2,1H3,(H,10,11)(H,12,13)(H,14,15). The zero-order chi connectivity index (χ0) is 12.0. The van der Waals surface area contributed by atoms with Crippen LogP contribution in [0.5, 0.6) is 0 Å². The van der Waals surface area contributed by atoms with Gasteiger partial charge < -0.3 is 20.6 Å². The summed E-state index contributed by atoms with van der Waals surface area (Å²) in [4.78, 5) is 31.2. The molecule has 0 radical (unpaired) electrons. The maximum Gasteiger partial charge on any atom is 0.321 e. The summed E-state index contributed by atoms with van der Waals surface area (Å²) >= 11 is 0. The molecule has 0 fully saturated rings. The van der Waals surface area contributed by atoms with Crippen LogP contribution in [0.3, 0.4) is 0 Å². The summed E-state index contributed by atoms with van der Waals surface area (Å²) < 4.78 is 0. The molecule has 0 bridgehead atoms. The minimum Gasteiger partial charge on any atom is -0.481 e. The van der Waals surface area contributed by atoms with E-state index in [0.29, 0.717) is 0 Å². The molecule has 2 atom stereocenters. The summed E-state index contributed by atoms with van der Waals surface area (Å²) in [6, 6.07) is -1.86. The van der Waals surface area contributed by atoms with Gasteiger partial charge in [0.05, 0.1) is 12.8 Å². The van der Waals surface area contributed by atoms with Gasteiger partial charge in [-0.15, -0.1) is 0 Å². The third-order valence-electron chi connectivity index (χ3n) is 1.64. The number of rotatable bonds is 7. The predicted molar refractivity (Wildman–Crippen MR) is 48.5 cm³/mol. The van der Waals surface area contributed by atoms with Crippen molar-refractivity contribution in [2.24, 2.45) is 0 Å². The topological polar surface area (TPSA) is 124 Å². The summed E-state index contributed by atoms with van der Waals surface area (Å²) in [5, 5.41) is 27.9. The molecular formula is C8H13NO6. The van der Waals surface area contributed by atoms with Crippen molar-refractivity contribution in [1.29, 1.82) is 0 Å². The molecule has 0 aromatic heterocycles. The first kappa shape index (κ1) is 13.4. The third-order valence-corrected chi connectivity index (χ3v) is 1.64. The monoisotopic (exact) mass is 219 g/mol. The number of hydrogen-bond acceptors (Lipinski definition) is 4. The molecule has 0 aromatic rings. The highest BCUT2D eigenvalue weighted by Gasteiger charge is 2.23. The molecule has 0 saturated carbocycles. The maximum absolute atomic E-state index is 10.6. The number of aliphatic carboxylic acids is 3. The molecule has 0 spiro atoms. The number of hydrogen-bond donors (Lipinski definition) is 4. The van der Waals surface area contributed by atoms with E-state index in [9.17, 15) is 14.4 Å². The van der Waals surface area contributed by atoms with Gasteiger partial charge in [-0.3, -0.25) is 14.4 Å². The van der Waals surface area contributed by atoms with E-state index in [1.807, 2.05) is 0 Å². The van der Waals surface area contributed by atoms with Gasteiger partial charge in [-0.2, -0.15) is 0 Å². The van der Waals surface area contributed by atoms with E-state index >= 15 is 0 Å². The molecular weight excluding hydrogens is 206 g/mol. The summed E-state index contributed by atoms with van der Waals surface area (Å²) in [5.74, 6) is -3.64. The lowest BCUT2D eigenvalue weighted by molar-refractivity contribution is -0.146. The highest BCUT2D eigenvalue weighted by atomic mass is 16.4. The smallest absolute Gasteiger partial charge is 0.321 e. The van der Waals surface area contributed by atoms with Crippen molar-refractivity contribution < 1.29 is 29.7 Å². The summed E-state index contributed by atoms with van der Waals surface area (Å²) in [6.07, 6.45) is -0.845. The largest absolute Gasteiger partial charge is 0.481 e. The third kappa shape index (κ3) is 6.44. The molecule has 2 unspecified atom stereocenters. The summed E-state index contributed by atoms with van der Waals surface area (Å²) in [5.41, 5.74) is 0. The van der Waals surface area contributed by atoms with Crippen LogP contribution in [0.15, 0.2) is 0 Å². The van der Waals surface area contributed by atoms with Crippen molar-refractivity contribution in [1.82, 2.24) is 5.32 Å². The SMILES string of the molecule is CC(CC(=O)O)NC(CC(=O)O)C(=O)O. The van der Waals surface area contributed by atoms with Crippen molar-refractivity contribution in [3.8, 4) is 0 Å². The molecule has 0 aliphatic rings. The molecule has 0 amide bonds. The Balaban J connectivity index is 4.21. The van der Waals surface area contributed by atoms with Crippen LogP contribution in [0.2, 0.25) is 0 Å². The highest BCUT2D eigenvalue weighted by molar-refractivity contribution is 5.80. The second-order valence-corrected chi connectivity index (χ2v) is 3.15. The van der Waals surface area contributed by atoms with Crippen molar-refractivity contribution in [2.45, 2.75) is 31.8 Å². The molecule has 4 N–H and O–H groups in total. The minimum atomic E-state index is -1.31. The van der Waals surface area contributed by atoms with E-state index in [1.165, 1.54) is 6.92 Å². The Morgan fingerprint density at radius 1 is 1.07 bits per heavy atom. The fourth-order valence-electron chi connectivity index (χ4n) is 1.06. The van der Waals surface area contributed by atoms with E-state index in [-0.39, 0.29) is 6.42 Å². The fraction of sp³-hybridized carbons (Fsp3) is 0.625. The van der Waals surface area contributed by atoms with Gasteiger partial charge in [-0.1, -0.05) is 0 Å². The van der Waals surface area contributed by atoms with Crippen LogP contribution < -0.4 is 5.32 Å². The van der Waals surface area contributed by atoms with Gasteiger partial charge in [0.25, 0.3) is 0 Å². The molecule has 0 heterocycles. The Kier molecular flexibility index (Phi) is 5.32. The lowest BCUT2D eigenvalue weighted by Crippen LogP contribution is -2.44. The van der Waals surface area contributed by atoms with Crippen molar-refractivity contribution in [3.63, 3.8) is 0 Å². The first-order chi connectivity index (χ1) is 6.82. The van der Waals surface area contributed by atoms with Crippen LogP contribution in [-0.2, 0) is 14.4 Å². The van der Waals surface area contributed by atoms with Gasteiger partial charge >= 0.3 is 17.9 Å². The lowest BCUT2D eigenvalue weighted by atomic mass is 10.1. The van der Waals surface area contributed by atoms with Crippen molar-refractivity contribution in [3.05, 3.63) is 0 Å². The highest BCUT2D eigenvalue weighted by Crippen LogP contribution is 1.98. The zero-order valence-electron chi connectivity index (χ0n) is 8.14. The lowest BCUT2D eigenvalue weighted by Gasteiger charge is -2.17. The van der Waals surface area contributed by atoms with Crippen LogP contribution in [0, 0.1) is 0 Å². The van der Waals surface area contributed by atoms with Gasteiger partial charge in [-0.25, -0.2) is 0 Å². The van der Waals surface area contributed by atoms with Crippen LogP contribution in [0.25, 0.3) is 0 Å². The number of carbonyl (C=O) groups is 3. The van der Waals surface area contributed by atoms with Gasteiger partial charge in [0, 0.05) is 6.04 Å². The molecule has 0 saturated heterocycles. The average Bonchev–Trinajstić information content (AvgIpc) is 1.99. The second-order valence-electron chi connectivity index (χ2n) is 3.15. The molecule has 0 aliphatic carbocycles. The molecule has 15 heavy (non-hydrogen) atoms. The molecule has 7 heteroatoms. The molecule has 86 valence electrons. The van der Waals surface area contributed by atoms with Crippen LogP contribution in [0.1, 0.15) is 19.8 Å². The number of carboxylic acids is 3. The van der Waals surface area contributed by atoms with Gasteiger partial charge in [0.1, 0.15) is 6.04 Å². The molecule has 0 aromatic carbocycles. The minimum absolute atomic E-state index is 0.261. The summed E-state index contributed by atoms with van der Waals surface area (Å²) in [7, 11) is 0. The Hall–Kier alpha value is -1.63. The van der Waals surface area contributed by atoms with E-state index in [0.717, 1.165) is 0 Å². The molecule has 7 nitrogen and oxygen atoms in total. The first-order valence-corrected chi connectivity index (χ1v) is 4.25. The molecule has 0 aliphatic heterocycles. The summed E-state index contributed by atoms with van der Waals surface area (Å²) in [6.45, 7) is 1.48. The Labute approximate surface area is 85.7 Å². The number of nitrogens with one attached hydrogen (secondary N) is 1. The number of carboxylic acid groups (broad SMARTS) is 3. The van der Waals surface area contributed by atoms with E-state index < -0.39 is 36.4 Å². The first-order valence-electron chi connectivity index (χ1n) is 4.25. The second kappa shape index (κ2) is 5.97.